The molecular formula is C11H10N4O5. The number of nitro benzene ring substituents is 1. The monoisotopic (exact) mass is 278 g/mol. The summed E-state index contributed by atoms with van der Waals surface area (Å²) in [6.07, 6.45) is 0.778. The molecule has 1 amide bonds. The molecule has 0 heterocycles. The number of phenols is 1. The highest BCUT2D eigenvalue weighted by Crippen LogP contribution is 2.36. The predicted octanol–water partition coefficient (Wildman–Crippen LogP) is 0.673. The summed E-state index contributed by atoms with van der Waals surface area (Å²) in [5.41, 5.74) is 1.76. The van der Waals surface area contributed by atoms with Crippen LogP contribution in [0.2, 0.25) is 0 Å². The largest absolute Gasteiger partial charge is 0.500 e. The zero-order valence-corrected chi connectivity index (χ0v) is 10.4. The van der Waals surface area contributed by atoms with Crippen LogP contribution in [0.25, 0.3) is 0 Å². The molecule has 9 nitrogen and oxygen atoms in total. The van der Waals surface area contributed by atoms with Gasteiger partial charge in [-0.05, 0) is 6.07 Å². The van der Waals surface area contributed by atoms with Crippen molar-refractivity contribution in [1.82, 2.24) is 5.43 Å². The average Bonchev–Trinajstić information content (AvgIpc) is 2.40. The number of hydrazone groups is 1. The third-order valence-corrected chi connectivity index (χ3v) is 2.14. The van der Waals surface area contributed by atoms with Crippen LogP contribution in [0.3, 0.4) is 0 Å². The van der Waals surface area contributed by atoms with E-state index in [-0.39, 0.29) is 17.7 Å². The van der Waals surface area contributed by atoms with E-state index in [0.717, 1.165) is 12.3 Å². The standard InChI is InChI=1S/C11H10N4O5/c1-20-9-5-7(4-8(11(9)17)15(18)19)6-13-14-10(16)2-3-12/h4-6,17H,2H2,1H3,(H,14,16). The summed E-state index contributed by atoms with van der Waals surface area (Å²) in [5, 5.41) is 32.1. The number of benzene rings is 1. The van der Waals surface area contributed by atoms with E-state index in [9.17, 15) is 20.0 Å². The molecule has 2 N–H and O–H groups in total. The molecule has 0 aliphatic carbocycles. The lowest BCUT2D eigenvalue weighted by molar-refractivity contribution is -0.386. The number of aromatic hydroxyl groups is 1. The Morgan fingerprint density at radius 1 is 1.70 bits per heavy atom. The van der Waals surface area contributed by atoms with Crippen molar-refractivity contribution >= 4 is 17.8 Å². The van der Waals surface area contributed by atoms with Gasteiger partial charge >= 0.3 is 5.69 Å². The summed E-state index contributed by atoms with van der Waals surface area (Å²) in [4.78, 5) is 20.9. The Balaban J connectivity index is 2.99. The van der Waals surface area contributed by atoms with Gasteiger partial charge in [0.1, 0.15) is 6.42 Å². The molecule has 0 saturated heterocycles. The fourth-order valence-corrected chi connectivity index (χ4v) is 1.27. The van der Waals surface area contributed by atoms with Crippen LogP contribution in [0.4, 0.5) is 5.69 Å². The first kappa shape index (κ1) is 14.9. The summed E-state index contributed by atoms with van der Waals surface area (Å²) >= 11 is 0. The van der Waals surface area contributed by atoms with Crippen LogP contribution in [0.5, 0.6) is 11.5 Å². The van der Waals surface area contributed by atoms with Gasteiger partial charge in [-0.15, -0.1) is 0 Å². The first-order chi connectivity index (χ1) is 9.49. The van der Waals surface area contributed by atoms with E-state index in [1.807, 2.05) is 0 Å². The quantitative estimate of drug-likeness (QED) is 0.461. The lowest BCUT2D eigenvalue weighted by Gasteiger charge is -2.04. The number of hydrogen-bond acceptors (Lipinski definition) is 7. The molecule has 1 aromatic rings. The Morgan fingerprint density at radius 2 is 2.40 bits per heavy atom. The Morgan fingerprint density at radius 3 is 2.95 bits per heavy atom. The Bertz CT molecular complexity index is 606. The zero-order valence-electron chi connectivity index (χ0n) is 10.4. The maximum atomic E-state index is 11.0. The number of methoxy groups -OCH3 is 1. The van der Waals surface area contributed by atoms with Crippen LogP contribution in [0.15, 0.2) is 17.2 Å². The van der Waals surface area contributed by atoms with E-state index >= 15 is 0 Å². The van der Waals surface area contributed by atoms with Crippen molar-refractivity contribution in [1.29, 1.82) is 5.26 Å². The average molecular weight is 278 g/mol. The van der Waals surface area contributed by atoms with Gasteiger partial charge in [-0.2, -0.15) is 10.4 Å². The van der Waals surface area contributed by atoms with Crippen molar-refractivity contribution in [2.75, 3.05) is 7.11 Å². The lowest BCUT2D eigenvalue weighted by atomic mass is 10.2. The second-order valence-electron chi connectivity index (χ2n) is 3.48. The maximum absolute atomic E-state index is 11.0. The molecule has 20 heavy (non-hydrogen) atoms. The van der Waals surface area contributed by atoms with Gasteiger partial charge < -0.3 is 9.84 Å². The van der Waals surface area contributed by atoms with Gasteiger partial charge in [0.2, 0.25) is 5.75 Å². The number of ether oxygens (including phenoxy) is 1. The first-order valence-corrected chi connectivity index (χ1v) is 5.23. The predicted molar refractivity (Wildman–Crippen MR) is 67.3 cm³/mol. The summed E-state index contributed by atoms with van der Waals surface area (Å²) < 4.78 is 4.80. The summed E-state index contributed by atoms with van der Waals surface area (Å²) in [5.74, 6) is -1.30. The van der Waals surface area contributed by atoms with Gasteiger partial charge in [0.05, 0.1) is 24.3 Å². The molecule has 0 bridgehead atoms. The lowest BCUT2D eigenvalue weighted by Crippen LogP contribution is -2.16. The third-order valence-electron chi connectivity index (χ3n) is 2.14. The highest BCUT2D eigenvalue weighted by molar-refractivity contribution is 5.85. The molecule has 0 unspecified atom stereocenters. The minimum Gasteiger partial charge on any atom is -0.500 e. The van der Waals surface area contributed by atoms with Gasteiger partial charge in [-0.1, -0.05) is 0 Å². The number of rotatable bonds is 5. The van der Waals surface area contributed by atoms with Crippen LogP contribution in [-0.2, 0) is 4.79 Å². The molecule has 104 valence electrons. The summed E-state index contributed by atoms with van der Waals surface area (Å²) in [6, 6.07) is 4.01. The third kappa shape index (κ3) is 3.67. The topological polar surface area (TPSA) is 138 Å². The van der Waals surface area contributed by atoms with Crippen LogP contribution < -0.4 is 10.2 Å². The van der Waals surface area contributed by atoms with Crippen molar-refractivity contribution in [2.24, 2.45) is 5.10 Å². The second-order valence-corrected chi connectivity index (χ2v) is 3.48. The molecule has 0 atom stereocenters. The highest BCUT2D eigenvalue weighted by Gasteiger charge is 2.19. The zero-order chi connectivity index (χ0) is 15.1. The normalized spacial score (nSPS) is 10.0. The fourth-order valence-electron chi connectivity index (χ4n) is 1.27. The molecule has 0 spiro atoms. The van der Waals surface area contributed by atoms with Crippen molar-refractivity contribution in [3.63, 3.8) is 0 Å². The van der Waals surface area contributed by atoms with Crippen molar-refractivity contribution < 1.29 is 19.6 Å². The number of hydrogen-bond donors (Lipinski definition) is 2. The highest BCUT2D eigenvalue weighted by atomic mass is 16.6. The van der Waals surface area contributed by atoms with Crippen LogP contribution >= 0.6 is 0 Å². The molecular weight excluding hydrogens is 268 g/mol. The summed E-state index contributed by atoms with van der Waals surface area (Å²) in [6.45, 7) is 0. The number of nitro groups is 1. The smallest absolute Gasteiger partial charge is 0.315 e. The van der Waals surface area contributed by atoms with E-state index in [2.05, 4.69) is 10.5 Å². The van der Waals surface area contributed by atoms with E-state index < -0.39 is 22.3 Å². The molecule has 0 fully saturated rings. The molecule has 0 aromatic heterocycles. The van der Waals surface area contributed by atoms with Gasteiger partial charge in [0, 0.05) is 11.6 Å². The van der Waals surface area contributed by atoms with Crippen molar-refractivity contribution in [3.8, 4) is 17.6 Å². The second kappa shape index (κ2) is 6.69. The number of nitrogens with zero attached hydrogens (tertiary/aromatic N) is 3. The maximum Gasteiger partial charge on any atom is 0.315 e. The molecule has 0 aliphatic rings. The van der Waals surface area contributed by atoms with E-state index in [1.165, 1.54) is 13.2 Å². The van der Waals surface area contributed by atoms with Crippen LogP contribution in [0.1, 0.15) is 12.0 Å². The molecule has 0 saturated carbocycles. The number of carbonyl (C=O) groups is 1. The minimum atomic E-state index is -0.774. The molecule has 1 rings (SSSR count). The van der Waals surface area contributed by atoms with E-state index in [4.69, 9.17) is 10.00 Å². The van der Waals surface area contributed by atoms with Crippen LogP contribution in [0, 0.1) is 21.4 Å². The van der Waals surface area contributed by atoms with Gasteiger partial charge in [0.25, 0.3) is 5.91 Å². The number of amides is 1. The van der Waals surface area contributed by atoms with Crippen LogP contribution in [-0.4, -0.2) is 29.3 Å². The van der Waals surface area contributed by atoms with Crippen molar-refractivity contribution in [2.45, 2.75) is 6.42 Å². The summed E-state index contributed by atoms with van der Waals surface area (Å²) in [7, 11) is 1.24. The molecule has 0 radical (unpaired) electrons. The van der Waals surface area contributed by atoms with E-state index in [0.29, 0.717) is 0 Å². The van der Waals surface area contributed by atoms with E-state index in [1.54, 1.807) is 6.07 Å². The van der Waals surface area contributed by atoms with Gasteiger partial charge in [-0.25, -0.2) is 5.43 Å². The minimum absolute atomic E-state index is 0.0935. The van der Waals surface area contributed by atoms with Gasteiger partial charge in [0.15, 0.2) is 5.75 Å². The molecule has 1 aromatic carbocycles. The Kier molecular flexibility index (Phi) is 4.99. The van der Waals surface area contributed by atoms with Crippen molar-refractivity contribution in [3.05, 3.63) is 27.8 Å². The Hall–Kier alpha value is -3.15. The number of nitriles is 1. The van der Waals surface area contributed by atoms with Gasteiger partial charge in [-0.3, -0.25) is 14.9 Å². The first-order valence-electron chi connectivity index (χ1n) is 5.23. The molecule has 9 heteroatoms. The Labute approximate surface area is 113 Å². The number of carbonyl (C=O) groups excluding carboxylic acids is 1. The SMILES string of the molecule is COc1cc(C=NNC(=O)CC#N)cc([N+](=O)[O-])c1O. The number of phenolic OH excluding ortho intramolecular Hbond substituents is 1. The number of nitrogens with one attached hydrogen (secondary N) is 1. The fraction of sp³-hybridized carbons (Fsp3) is 0.182. The molecule has 0 aliphatic heterocycles.